The van der Waals surface area contributed by atoms with Crippen molar-refractivity contribution in [3.63, 3.8) is 0 Å². The molecule has 108 valence electrons. The summed E-state index contributed by atoms with van der Waals surface area (Å²) in [5.41, 5.74) is 2.31. The van der Waals surface area contributed by atoms with Crippen molar-refractivity contribution in [2.75, 3.05) is 32.6 Å². The SMILES string of the molecule is CNC(=O)Oc1cccc2c1C1(C)CCN(C)C1N2C. The topological polar surface area (TPSA) is 44.8 Å². The highest BCUT2D eigenvalue weighted by molar-refractivity contribution is 5.75. The van der Waals surface area contributed by atoms with Gasteiger partial charge in [-0.05, 0) is 25.6 Å². The molecule has 0 radical (unpaired) electrons. The maximum absolute atomic E-state index is 11.6. The first-order valence-electron chi connectivity index (χ1n) is 6.95. The predicted molar refractivity (Wildman–Crippen MR) is 78.3 cm³/mol. The van der Waals surface area contributed by atoms with Gasteiger partial charge in [-0.3, -0.25) is 4.90 Å². The molecule has 2 atom stereocenters. The van der Waals surface area contributed by atoms with Gasteiger partial charge in [0, 0.05) is 37.3 Å². The van der Waals surface area contributed by atoms with Gasteiger partial charge in [0.05, 0.1) is 6.17 Å². The lowest BCUT2D eigenvalue weighted by molar-refractivity contribution is 0.201. The van der Waals surface area contributed by atoms with Crippen molar-refractivity contribution in [3.8, 4) is 5.75 Å². The molecule has 1 N–H and O–H groups in total. The van der Waals surface area contributed by atoms with Crippen LogP contribution in [-0.2, 0) is 5.41 Å². The minimum absolute atomic E-state index is 0.00342. The third-order valence-corrected chi connectivity index (χ3v) is 4.70. The maximum Gasteiger partial charge on any atom is 0.412 e. The summed E-state index contributed by atoms with van der Waals surface area (Å²) in [5.74, 6) is 0.675. The van der Waals surface area contributed by atoms with E-state index in [2.05, 4.69) is 42.2 Å². The molecular weight excluding hydrogens is 254 g/mol. The number of nitrogens with zero attached hydrogens (tertiary/aromatic N) is 2. The number of fused-ring (bicyclic) bond motifs is 3. The monoisotopic (exact) mass is 275 g/mol. The largest absolute Gasteiger partial charge is 0.412 e. The second-order valence-corrected chi connectivity index (χ2v) is 5.92. The van der Waals surface area contributed by atoms with Crippen LogP contribution in [0.15, 0.2) is 18.2 Å². The molecule has 0 aliphatic carbocycles. The number of nitrogens with one attached hydrogen (secondary N) is 1. The van der Waals surface area contributed by atoms with Crippen LogP contribution in [0.3, 0.4) is 0 Å². The van der Waals surface area contributed by atoms with Gasteiger partial charge in [0.15, 0.2) is 0 Å². The van der Waals surface area contributed by atoms with Gasteiger partial charge in [-0.15, -0.1) is 0 Å². The zero-order valence-electron chi connectivity index (χ0n) is 12.4. The Morgan fingerprint density at radius 3 is 2.90 bits per heavy atom. The Morgan fingerprint density at radius 1 is 1.45 bits per heavy atom. The standard InChI is InChI=1S/C15H21N3O2/c1-15-8-9-17(3)13(15)18(4)10-6-5-7-11(12(10)15)20-14(19)16-2/h5-7,13H,8-9H2,1-4H3,(H,16,19). The van der Waals surface area contributed by atoms with Crippen molar-refractivity contribution < 1.29 is 9.53 Å². The summed E-state index contributed by atoms with van der Waals surface area (Å²) in [6, 6.07) is 5.93. The normalized spacial score (nSPS) is 28.2. The Bertz CT molecular complexity index is 560. The van der Waals surface area contributed by atoms with Crippen molar-refractivity contribution in [1.29, 1.82) is 0 Å². The fraction of sp³-hybridized carbons (Fsp3) is 0.533. The summed E-state index contributed by atoms with van der Waals surface area (Å²) in [6.45, 7) is 3.32. The predicted octanol–water partition coefficient (Wildman–Crippen LogP) is 1.77. The van der Waals surface area contributed by atoms with Crippen LogP contribution >= 0.6 is 0 Å². The fourth-order valence-electron chi connectivity index (χ4n) is 3.88. The third kappa shape index (κ3) is 1.62. The van der Waals surface area contributed by atoms with Gasteiger partial charge in [0.25, 0.3) is 0 Å². The highest BCUT2D eigenvalue weighted by atomic mass is 16.6. The lowest BCUT2D eigenvalue weighted by atomic mass is 9.81. The smallest absolute Gasteiger partial charge is 0.410 e. The summed E-state index contributed by atoms with van der Waals surface area (Å²) in [6.07, 6.45) is 0.978. The number of carbonyl (C=O) groups is 1. The van der Waals surface area contributed by atoms with Crippen LogP contribution in [0.25, 0.3) is 0 Å². The van der Waals surface area contributed by atoms with Gasteiger partial charge >= 0.3 is 6.09 Å². The molecule has 1 aromatic carbocycles. The molecule has 2 aliphatic heterocycles. The Balaban J connectivity index is 2.10. The first kappa shape index (κ1) is 13.2. The minimum atomic E-state index is -0.417. The highest BCUT2D eigenvalue weighted by Crippen LogP contribution is 2.54. The average molecular weight is 275 g/mol. The molecule has 1 aromatic rings. The van der Waals surface area contributed by atoms with Crippen molar-refractivity contribution in [1.82, 2.24) is 10.2 Å². The van der Waals surface area contributed by atoms with Crippen LogP contribution < -0.4 is 15.0 Å². The molecule has 0 aromatic heterocycles. The Hall–Kier alpha value is -1.75. The maximum atomic E-state index is 11.6. The number of ether oxygens (including phenoxy) is 1. The number of hydrogen-bond acceptors (Lipinski definition) is 4. The van der Waals surface area contributed by atoms with Gasteiger partial charge in [0.1, 0.15) is 5.75 Å². The van der Waals surface area contributed by atoms with E-state index in [0.717, 1.165) is 24.2 Å². The molecule has 2 aliphatic rings. The molecule has 1 amide bonds. The second kappa shape index (κ2) is 4.38. The van der Waals surface area contributed by atoms with E-state index in [-0.39, 0.29) is 5.41 Å². The molecule has 5 heteroatoms. The number of likely N-dealkylation sites (N-methyl/N-ethyl adjacent to an activating group) is 2. The van der Waals surface area contributed by atoms with E-state index in [1.165, 1.54) is 0 Å². The van der Waals surface area contributed by atoms with E-state index in [1.54, 1.807) is 7.05 Å². The summed E-state index contributed by atoms with van der Waals surface area (Å²) in [4.78, 5) is 16.2. The number of hydrogen-bond donors (Lipinski definition) is 1. The van der Waals surface area contributed by atoms with E-state index in [0.29, 0.717) is 11.9 Å². The molecule has 3 rings (SSSR count). The second-order valence-electron chi connectivity index (χ2n) is 5.92. The van der Waals surface area contributed by atoms with Crippen molar-refractivity contribution in [2.45, 2.75) is 24.9 Å². The first-order chi connectivity index (χ1) is 9.49. The number of rotatable bonds is 1. The number of likely N-dealkylation sites (tertiary alicyclic amines) is 1. The molecule has 2 unspecified atom stereocenters. The highest BCUT2D eigenvalue weighted by Gasteiger charge is 2.53. The van der Waals surface area contributed by atoms with E-state index < -0.39 is 6.09 Å². The summed E-state index contributed by atoms with van der Waals surface area (Å²) >= 11 is 0. The summed E-state index contributed by atoms with van der Waals surface area (Å²) < 4.78 is 5.47. The zero-order valence-corrected chi connectivity index (χ0v) is 12.4. The van der Waals surface area contributed by atoms with Crippen LogP contribution in [0, 0.1) is 0 Å². The van der Waals surface area contributed by atoms with Crippen molar-refractivity contribution in [2.24, 2.45) is 0 Å². The van der Waals surface area contributed by atoms with Gasteiger partial charge in [-0.2, -0.15) is 0 Å². The van der Waals surface area contributed by atoms with Crippen molar-refractivity contribution in [3.05, 3.63) is 23.8 Å². The van der Waals surface area contributed by atoms with Gasteiger partial charge < -0.3 is 15.0 Å². The van der Waals surface area contributed by atoms with Gasteiger partial charge in [-0.25, -0.2) is 4.79 Å². The summed E-state index contributed by atoms with van der Waals surface area (Å²) in [5, 5.41) is 2.51. The van der Waals surface area contributed by atoms with Crippen LogP contribution in [0.1, 0.15) is 18.9 Å². The van der Waals surface area contributed by atoms with Crippen LogP contribution in [0.2, 0.25) is 0 Å². The number of anilines is 1. The van der Waals surface area contributed by atoms with Crippen molar-refractivity contribution >= 4 is 11.8 Å². The molecule has 0 bridgehead atoms. The molecule has 20 heavy (non-hydrogen) atoms. The minimum Gasteiger partial charge on any atom is -0.410 e. The third-order valence-electron chi connectivity index (χ3n) is 4.70. The van der Waals surface area contributed by atoms with Gasteiger partial charge in [0.2, 0.25) is 0 Å². The number of amides is 1. The fourth-order valence-corrected chi connectivity index (χ4v) is 3.88. The van der Waals surface area contributed by atoms with Crippen LogP contribution in [0.4, 0.5) is 10.5 Å². The molecular formula is C15H21N3O2. The molecule has 0 saturated carbocycles. The Labute approximate surface area is 119 Å². The Morgan fingerprint density at radius 2 is 2.20 bits per heavy atom. The van der Waals surface area contributed by atoms with E-state index in [4.69, 9.17) is 4.74 Å². The quantitative estimate of drug-likeness (QED) is 0.848. The number of benzene rings is 1. The van der Waals surface area contributed by atoms with Gasteiger partial charge in [-0.1, -0.05) is 13.0 Å². The molecule has 5 nitrogen and oxygen atoms in total. The first-order valence-corrected chi connectivity index (χ1v) is 6.95. The van der Waals surface area contributed by atoms with Crippen LogP contribution in [0.5, 0.6) is 5.75 Å². The van der Waals surface area contributed by atoms with Crippen LogP contribution in [-0.4, -0.2) is 44.8 Å². The lowest BCUT2D eigenvalue weighted by Gasteiger charge is -2.32. The van der Waals surface area contributed by atoms with E-state index in [1.807, 2.05) is 12.1 Å². The molecule has 1 fully saturated rings. The molecule has 1 saturated heterocycles. The zero-order chi connectivity index (χ0) is 14.5. The van der Waals surface area contributed by atoms with E-state index >= 15 is 0 Å². The lowest BCUT2D eigenvalue weighted by Crippen LogP contribution is -2.45. The average Bonchev–Trinajstić information content (AvgIpc) is 2.85. The Kier molecular flexibility index (Phi) is 2.90. The van der Waals surface area contributed by atoms with E-state index in [9.17, 15) is 4.79 Å². The molecule has 2 heterocycles. The summed E-state index contributed by atoms with van der Waals surface area (Å²) in [7, 11) is 5.84. The number of carbonyl (C=O) groups excluding carboxylic acids is 1. The molecule has 0 spiro atoms.